The van der Waals surface area contributed by atoms with E-state index in [0.29, 0.717) is 0 Å². The van der Waals surface area contributed by atoms with Gasteiger partial charge in [-0.2, -0.15) is 0 Å². The standard InChI is InChI=1S/C15H18N2OS/c1-3-16-15(14-17-11(2)10-19-14)8-9-18-13-7-5-4-6-12(13)15/h4-7,10,16H,3,8-9H2,1-2H3. The number of hydrogen-bond donors (Lipinski definition) is 1. The van der Waals surface area contributed by atoms with Gasteiger partial charge < -0.3 is 10.1 Å². The third-order valence-corrected chi connectivity index (χ3v) is 4.67. The van der Waals surface area contributed by atoms with Gasteiger partial charge in [-0.15, -0.1) is 11.3 Å². The lowest BCUT2D eigenvalue weighted by Crippen LogP contribution is -2.46. The van der Waals surface area contributed by atoms with Crippen LogP contribution in [0.5, 0.6) is 5.75 Å². The summed E-state index contributed by atoms with van der Waals surface area (Å²) in [6.07, 6.45) is 0.921. The fourth-order valence-corrected chi connectivity index (χ4v) is 3.74. The smallest absolute Gasteiger partial charge is 0.124 e. The van der Waals surface area contributed by atoms with Crippen LogP contribution in [0.3, 0.4) is 0 Å². The number of fused-ring (bicyclic) bond motifs is 1. The molecule has 2 aromatic rings. The molecule has 2 heterocycles. The molecule has 1 unspecified atom stereocenters. The summed E-state index contributed by atoms with van der Waals surface area (Å²) in [5.74, 6) is 0.975. The molecule has 1 aliphatic heterocycles. The molecule has 0 bridgehead atoms. The van der Waals surface area contributed by atoms with Gasteiger partial charge in [-0.25, -0.2) is 4.98 Å². The molecule has 3 rings (SSSR count). The van der Waals surface area contributed by atoms with Crippen molar-refractivity contribution in [3.05, 3.63) is 45.9 Å². The summed E-state index contributed by atoms with van der Waals surface area (Å²) in [6, 6.07) is 8.28. The van der Waals surface area contributed by atoms with Crippen molar-refractivity contribution in [2.45, 2.75) is 25.8 Å². The fourth-order valence-electron chi connectivity index (χ4n) is 2.73. The molecule has 3 nitrogen and oxygen atoms in total. The normalized spacial score (nSPS) is 21.8. The number of aromatic nitrogens is 1. The van der Waals surface area contributed by atoms with Crippen LogP contribution in [0, 0.1) is 6.92 Å². The minimum Gasteiger partial charge on any atom is -0.493 e. The van der Waals surface area contributed by atoms with Gasteiger partial charge in [0.25, 0.3) is 0 Å². The highest BCUT2D eigenvalue weighted by molar-refractivity contribution is 7.09. The lowest BCUT2D eigenvalue weighted by molar-refractivity contribution is 0.212. The van der Waals surface area contributed by atoms with Gasteiger partial charge in [-0.3, -0.25) is 0 Å². The highest BCUT2D eigenvalue weighted by Crippen LogP contribution is 2.42. The number of aryl methyl sites for hydroxylation is 1. The van der Waals surface area contributed by atoms with Crippen LogP contribution in [0.2, 0.25) is 0 Å². The molecule has 1 N–H and O–H groups in total. The summed E-state index contributed by atoms with van der Waals surface area (Å²) in [6.45, 7) is 5.82. The van der Waals surface area contributed by atoms with Gasteiger partial charge in [-0.05, 0) is 19.5 Å². The zero-order valence-electron chi connectivity index (χ0n) is 11.3. The number of nitrogens with zero attached hydrogens (tertiary/aromatic N) is 1. The molecule has 0 radical (unpaired) electrons. The largest absolute Gasteiger partial charge is 0.493 e. The second-order valence-corrected chi connectivity index (χ2v) is 5.68. The van der Waals surface area contributed by atoms with Crippen molar-refractivity contribution in [1.82, 2.24) is 10.3 Å². The Balaban J connectivity index is 2.17. The van der Waals surface area contributed by atoms with Crippen molar-refractivity contribution in [1.29, 1.82) is 0 Å². The molecule has 1 aromatic heterocycles. The van der Waals surface area contributed by atoms with Gasteiger partial charge in [0, 0.05) is 23.1 Å². The number of hydrogen-bond acceptors (Lipinski definition) is 4. The van der Waals surface area contributed by atoms with E-state index in [-0.39, 0.29) is 5.54 Å². The second-order valence-electron chi connectivity index (χ2n) is 4.82. The molecular formula is C15H18N2OS. The van der Waals surface area contributed by atoms with Crippen LogP contribution in [-0.4, -0.2) is 18.1 Å². The lowest BCUT2D eigenvalue weighted by Gasteiger charge is -2.38. The summed E-state index contributed by atoms with van der Waals surface area (Å²) < 4.78 is 5.79. The fraction of sp³-hybridized carbons (Fsp3) is 0.400. The molecule has 100 valence electrons. The van der Waals surface area contributed by atoms with E-state index in [1.165, 1.54) is 5.56 Å². The predicted molar refractivity (Wildman–Crippen MR) is 77.9 cm³/mol. The zero-order valence-corrected chi connectivity index (χ0v) is 12.1. The Morgan fingerprint density at radius 1 is 1.42 bits per heavy atom. The Hall–Kier alpha value is -1.39. The van der Waals surface area contributed by atoms with E-state index < -0.39 is 0 Å². The Morgan fingerprint density at radius 3 is 3.00 bits per heavy atom. The summed E-state index contributed by atoms with van der Waals surface area (Å²) >= 11 is 1.73. The molecule has 0 saturated carbocycles. The molecule has 19 heavy (non-hydrogen) atoms. The summed E-state index contributed by atoms with van der Waals surface area (Å²) in [5, 5.41) is 6.91. The molecule has 0 fully saturated rings. The van der Waals surface area contributed by atoms with Gasteiger partial charge >= 0.3 is 0 Å². The first kappa shape index (κ1) is 12.6. The second kappa shape index (κ2) is 4.94. The van der Waals surface area contributed by atoms with E-state index in [1.54, 1.807) is 11.3 Å². The van der Waals surface area contributed by atoms with Gasteiger partial charge in [-0.1, -0.05) is 25.1 Å². The van der Waals surface area contributed by atoms with Gasteiger partial charge in [0.05, 0.1) is 6.61 Å². The minimum absolute atomic E-state index is 0.192. The third-order valence-electron chi connectivity index (χ3n) is 3.54. The van der Waals surface area contributed by atoms with Crippen LogP contribution in [0.1, 0.15) is 29.6 Å². The van der Waals surface area contributed by atoms with E-state index in [2.05, 4.69) is 29.8 Å². The van der Waals surface area contributed by atoms with E-state index in [0.717, 1.165) is 36.0 Å². The Bertz CT molecular complexity index is 581. The Labute approximate surface area is 117 Å². The van der Waals surface area contributed by atoms with Crippen molar-refractivity contribution in [2.24, 2.45) is 0 Å². The van der Waals surface area contributed by atoms with Gasteiger partial charge in [0.1, 0.15) is 16.3 Å². The number of thiazole rings is 1. The van der Waals surface area contributed by atoms with Crippen molar-refractivity contribution < 1.29 is 4.74 Å². The molecule has 4 heteroatoms. The molecule has 1 aromatic carbocycles. The molecular weight excluding hydrogens is 256 g/mol. The van der Waals surface area contributed by atoms with E-state index >= 15 is 0 Å². The van der Waals surface area contributed by atoms with Crippen molar-refractivity contribution >= 4 is 11.3 Å². The maximum absolute atomic E-state index is 5.79. The average Bonchev–Trinajstić information content (AvgIpc) is 2.87. The summed E-state index contributed by atoms with van der Waals surface area (Å²) in [5.41, 5.74) is 2.10. The summed E-state index contributed by atoms with van der Waals surface area (Å²) in [4.78, 5) is 4.72. The third kappa shape index (κ3) is 2.05. The van der Waals surface area contributed by atoms with Gasteiger partial charge in [0.2, 0.25) is 0 Å². The Kier molecular flexibility index (Phi) is 3.29. The monoisotopic (exact) mass is 274 g/mol. The molecule has 1 atom stereocenters. The number of rotatable bonds is 3. The van der Waals surface area contributed by atoms with Crippen molar-refractivity contribution in [3.8, 4) is 5.75 Å². The van der Waals surface area contributed by atoms with Crippen LogP contribution < -0.4 is 10.1 Å². The predicted octanol–water partition coefficient (Wildman–Crippen LogP) is 3.09. The van der Waals surface area contributed by atoms with E-state index in [4.69, 9.17) is 9.72 Å². The quantitative estimate of drug-likeness (QED) is 0.934. The number of ether oxygens (including phenoxy) is 1. The van der Waals surface area contributed by atoms with Crippen LogP contribution in [-0.2, 0) is 5.54 Å². The van der Waals surface area contributed by atoms with Crippen molar-refractivity contribution in [3.63, 3.8) is 0 Å². The number of para-hydroxylation sites is 1. The number of benzene rings is 1. The average molecular weight is 274 g/mol. The molecule has 0 aliphatic carbocycles. The molecule has 0 saturated heterocycles. The lowest BCUT2D eigenvalue weighted by atomic mass is 9.85. The maximum atomic E-state index is 5.79. The highest BCUT2D eigenvalue weighted by atomic mass is 32.1. The topological polar surface area (TPSA) is 34.2 Å². The first-order valence-corrected chi connectivity index (χ1v) is 7.54. The maximum Gasteiger partial charge on any atom is 0.124 e. The highest BCUT2D eigenvalue weighted by Gasteiger charge is 2.40. The van der Waals surface area contributed by atoms with Gasteiger partial charge in [0.15, 0.2) is 0 Å². The first-order chi connectivity index (χ1) is 9.26. The van der Waals surface area contributed by atoms with Crippen LogP contribution in [0.4, 0.5) is 0 Å². The minimum atomic E-state index is -0.192. The zero-order chi connectivity index (χ0) is 13.3. The van der Waals surface area contributed by atoms with Crippen LogP contribution in [0.25, 0.3) is 0 Å². The first-order valence-electron chi connectivity index (χ1n) is 6.66. The van der Waals surface area contributed by atoms with Crippen LogP contribution in [0.15, 0.2) is 29.6 Å². The van der Waals surface area contributed by atoms with Crippen LogP contribution >= 0.6 is 11.3 Å². The van der Waals surface area contributed by atoms with Crippen molar-refractivity contribution in [2.75, 3.05) is 13.2 Å². The van der Waals surface area contributed by atoms with E-state index in [1.807, 2.05) is 19.1 Å². The van der Waals surface area contributed by atoms with E-state index in [9.17, 15) is 0 Å². The number of nitrogens with one attached hydrogen (secondary N) is 1. The molecule has 0 amide bonds. The SMILES string of the molecule is CCNC1(c2nc(C)cs2)CCOc2ccccc21. The Morgan fingerprint density at radius 2 is 2.26 bits per heavy atom. The summed E-state index contributed by atoms with van der Waals surface area (Å²) in [7, 11) is 0. The molecule has 0 spiro atoms. The molecule has 1 aliphatic rings.